The topological polar surface area (TPSA) is 75.3 Å². The summed E-state index contributed by atoms with van der Waals surface area (Å²) in [5.41, 5.74) is 0. The summed E-state index contributed by atoms with van der Waals surface area (Å²) in [4.78, 5) is 36.3. The molecule has 2 atom stereocenters. The summed E-state index contributed by atoms with van der Waals surface area (Å²) in [6.45, 7) is 7.70. The maximum Gasteiger partial charge on any atom is 0.243 e. The van der Waals surface area contributed by atoms with Crippen molar-refractivity contribution in [3.8, 4) is 0 Å². The fourth-order valence-electron chi connectivity index (χ4n) is 2.53. The average Bonchev–Trinajstić information content (AvgIpc) is 2.55. The van der Waals surface area contributed by atoms with Crippen LogP contribution in [0.5, 0.6) is 0 Å². The van der Waals surface area contributed by atoms with Crippen LogP contribution in [-0.4, -0.2) is 29.7 Å². The molecule has 24 heavy (non-hydrogen) atoms. The van der Waals surface area contributed by atoms with Crippen LogP contribution in [0.2, 0.25) is 0 Å². The second-order valence-electron chi connectivity index (χ2n) is 6.53. The van der Waals surface area contributed by atoms with E-state index in [0.717, 1.165) is 44.9 Å². The Bertz CT molecular complexity index is 383. The molecule has 0 aliphatic heterocycles. The van der Waals surface area contributed by atoms with E-state index >= 15 is 0 Å². The lowest BCUT2D eigenvalue weighted by Crippen LogP contribution is -2.51. The molecule has 2 amide bonds. The minimum absolute atomic E-state index is 0.0222. The molecule has 0 aromatic carbocycles. The summed E-state index contributed by atoms with van der Waals surface area (Å²) in [6.07, 6.45) is 8.36. The molecule has 5 heteroatoms. The normalized spacial score (nSPS) is 13.2. The molecule has 2 unspecified atom stereocenters. The highest BCUT2D eigenvalue weighted by molar-refractivity contribution is 5.91. The van der Waals surface area contributed by atoms with Gasteiger partial charge < -0.3 is 10.6 Å². The monoisotopic (exact) mass is 340 g/mol. The fraction of sp³-hybridized carbons (Fsp3) is 0.842. The first kappa shape index (κ1) is 22.6. The maximum atomic E-state index is 12.5. The molecule has 2 N–H and O–H groups in total. The Morgan fingerprint density at radius 3 is 1.88 bits per heavy atom. The van der Waals surface area contributed by atoms with Crippen LogP contribution in [0, 0.1) is 0 Å². The van der Waals surface area contributed by atoms with Crippen molar-refractivity contribution in [3.05, 3.63) is 0 Å². The van der Waals surface area contributed by atoms with Gasteiger partial charge in [0.2, 0.25) is 11.8 Å². The highest BCUT2D eigenvalue weighted by atomic mass is 16.2. The van der Waals surface area contributed by atoms with Gasteiger partial charge in [-0.1, -0.05) is 59.3 Å². The highest BCUT2D eigenvalue weighted by Crippen LogP contribution is 2.07. The summed E-state index contributed by atoms with van der Waals surface area (Å²) >= 11 is 0. The largest absolute Gasteiger partial charge is 0.345 e. The van der Waals surface area contributed by atoms with Crippen molar-refractivity contribution in [1.82, 2.24) is 10.6 Å². The molecule has 0 rings (SSSR count). The van der Waals surface area contributed by atoms with E-state index in [1.54, 1.807) is 0 Å². The van der Waals surface area contributed by atoms with Gasteiger partial charge in [-0.05, 0) is 26.2 Å². The van der Waals surface area contributed by atoms with Crippen molar-refractivity contribution in [2.75, 3.05) is 0 Å². The lowest BCUT2D eigenvalue weighted by atomic mass is 10.0. The molecule has 0 aliphatic carbocycles. The molecule has 0 aromatic heterocycles. The van der Waals surface area contributed by atoms with Crippen molar-refractivity contribution in [3.63, 3.8) is 0 Å². The minimum Gasteiger partial charge on any atom is -0.345 e. The minimum atomic E-state index is -0.540. The molecule has 0 aliphatic rings. The van der Waals surface area contributed by atoms with Gasteiger partial charge in [0.1, 0.15) is 6.04 Å². The van der Waals surface area contributed by atoms with E-state index in [1.165, 1.54) is 6.92 Å². The number of ketones is 1. The summed E-state index contributed by atoms with van der Waals surface area (Å²) in [5.74, 6) is -0.338. The molecule has 0 heterocycles. The molecule has 0 aromatic rings. The van der Waals surface area contributed by atoms with Crippen molar-refractivity contribution < 1.29 is 14.4 Å². The number of rotatable bonds is 14. The van der Waals surface area contributed by atoms with Crippen LogP contribution in [0.4, 0.5) is 0 Å². The van der Waals surface area contributed by atoms with E-state index in [0.29, 0.717) is 19.3 Å². The first-order valence-electron chi connectivity index (χ1n) is 9.56. The van der Waals surface area contributed by atoms with Crippen molar-refractivity contribution in [2.24, 2.45) is 0 Å². The quantitative estimate of drug-likeness (QED) is 0.475. The van der Waals surface area contributed by atoms with Gasteiger partial charge in [-0.2, -0.15) is 0 Å². The summed E-state index contributed by atoms with van der Waals surface area (Å²) in [6, 6.07) is -0.983. The second kappa shape index (κ2) is 14.0. The molecule has 0 bridgehead atoms. The number of carbonyl (C=O) groups is 3. The van der Waals surface area contributed by atoms with Gasteiger partial charge >= 0.3 is 0 Å². The Morgan fingerprint density at radius 1 is 0.750 bits per heavy atom. The highest BCUT2D eigenvalue weighted by Gasteiger charge is 2.24. The SMILES string of the molecule is CCCCCC(NC(=O)C(CCCC)NC(=O)CCCC)C(C)=O. The van der Waals surface area contributed by atoms with E-state index in [2.05, 4.69) is 24.5 Å². The van der Waals surface area contributed by atoms with Crippen LogP contribution in [0.25, 0.3) is 0 Å². The van der Waals surface area contributed by atoms with Gasteiger partial charge in [0.05, 0.1) is 6.04 Å². The Kier molecular flexibility index (Phi) is 13.2. The zero-order chi connectivity index (χ0) is 18.4. The molecular formula is C19H36N2O3. The Hall–Kier alpha value is -1.39. The van der Waals surface area contributed by atoms with Gasteiger partial charge in [-0.15, -0.1) is 0 Å². The first-order chi connectivity index (χ1) is 11.5. The van der Waals surface area contributed by atoms with E-state index in [1.807, 2.05) is 6.92 Å². The van der Waals surface area contributed by atoms with Crippen LogP contribution < -0.4 is 10.6 Å². The predicted octanol–water partition coefficient (Wildman–Crippen LogP) is 3.51. The first-order valence-corrected chi connectivity index (χ1v) is 9.56. The second-order valence-corrected chi connectivity index (χ2v) is 6.53. The van der Waals surface area contributed by atoms with E-state index in [4.69, 9.17) is 0 Å². The van der Waals surface area contributed by atoms with Gasteiger partial charge in [-0.3, -0.25) is 14.4 Å². The lowest BCUT2D eigenvalue weighted by molar-refractivity contribution is -0.131. The molecule has 0 radical (unpaired) electrons. The van der Waals surface area contributed by atoms with Crippen molar-refractivity contribution in [2.45, 2.75) is 104 Å². The number of nitrogens with one attached hydrogen (secondary N) is 2. The number of unbranched alkanes of at least 4 members (excludes halogenated alkanes) is 4. The Balaban J connectivity index is 4.68. The third-order valence-corrected chi connectivity index (χ3v) is 4.16. The molecule has 0 saturated heterocycles. The summed E-state index contributed by atoms with van der Waals surface area (Å²) < 4.78 is 0. The molecule has 0 saturated carbocycles. The lowest BCUT2D eigenvalue weighted by Gasteiger charge is -2.22. The zero-order valence-corrected chi connectivity index (χ0v) is 16.0. The molecule has 0 spiro atoms. The fourth-order valence-corrected chi connectivity index (χ4v) is 2.53. The smallest absolute Gasteiger partial charge is 0.243 e. The maximum absolute atomic E-state index is 12.5. The van der Waals surface area contributed by atoms with Crippen LogP contribution in [0.15, 0.2) is 0 Å². The molecule has 0 fully saturated rings. The number of amides is 2. The standard InChI is InChI=1S/C19H36N2O3/c1-5-8-11-13-16(15(4)22)21-19(24)17(12-9-6-2)20-18(23)14-10-7-3/h16-17H,5-14H2,1-4H3,(H,20,23)(H,21,24). The third-order valence-electron chi connectivity index (χ3n) is 4.16. The third kappa shape index (κ3) is 10.4. The van der Waals surface area contributed by atoms with E-state index < -0.39 is 12.1 Å². The van der Waals surface area contributed by atoms with Crippen LogP contribution in [0.1, 0.15) is 91.9 Å². The number of Topliss-reactive ketones (excluding diaryl/α,β-unsaturated/α-hetero) is 1. The van der Waals surface area contributed by atoms with Crippen molar-refractivity contribution in [1.29, 1.82) is 0 Å². The number of carbonyl (C=O) groups excluding carboxylic acids is 3. The van der Waals surface area contributed by atoms with Gasteiger partial charge in [0.15, 0.2) is 5.78 Å². The van der Waals surface area contributed by atoms with E-state index in [9.17, 15) is 14.4 Å². The Labute approximate surface area is 147 Å². The average molecular weight is 341 g/mol. The summed E-state index contributed by atoms with van der Waals surface area (Å²) in [7, 11) is 0. The predicted molar refractivity (Wildman–Crippen MR) is 97.7 cm³/mol. The number of hydrogen-bond acceptors (Lipinski definition) is 3. The van der Waals surface area contributed by atoms with Gasteiger partial charge in [-0.25, -0.2) is 0 Å². The Morgan fingerprint density at radius 2 is 1.33 bits per heavy atom. The van der Waals surface area contributed by atoms with E-state index in [-0.39, 0.29) is 17.6 Å². The molecule has 5 nitrogen and oxygen atoms in total. The number of hydrogen-bond donors (Lipinski definition) is 2. The van der Waals surface area contributed by atoms with Gasteiger partial charge in [0.25, 0.3) is 0 Å². The van der Waals surface area contributed by atoms with Gasteiger partial charge in [0, 0.05) is 6.42 Å². The van der Waals surface area contributed by atoms with Crippen LogP contribution in [0.3, 0.4) is 0 Å². The zero-order valence-electron chi connectivity index (χ0n) is 16.0. The molecule has 140 valence electrons. The van der Waals surface area contributed by atoms with Crippen LogP contribution in [-0.2, 0) is 14.4 Å². The van der Waals surface area contributed by atoms with Crippen LogP contribution >= 0.6 is 0 Å². The summed E-state index contributed by atoms with van der Waals surface area (Å²) in [5, 5.41) is 5.68. The van der Waals surface area contributed by atoms with Crippen molar-refractivity contribution >= 4 is 17.6 Å². The molecular weight excluding hydrogens is 304 g/mol.